The van der Waals surface area contributed by atoms with Crippen molar-refractivity contribution in [1.29, 1.82) is 0 Å². The highest BCUT2D eigenvalue weighted by Gasteiger charge is 2.10. The molecule has 9 heteroatoms. The van der Waals surface area contributed by atoms with Crippen molar-refractivity contribution >= 4 is 34.4 Å². The second kappa shape index (κ2) is 5.94. The number of carbonyl (C=O) groups is 1. The van der Waals surface area contributed by atoms with Crippen LogP contribution in [0, 0.1) is 0 Å². The van der Waals surface area contributed by atoms with Gasteiger partial charge in [-0.2, -0.15) is 8.75 Å². The molecule has 1 amide bonds. The SMILES string of the molecule is CNCc1cn(CC(=O)Nc2cccc3nsnc23)nn1. The van der Waals surface area contributed by atoms with Gasteiger partial charge in [-0.25, -0.2) is 4.68 Å². The number of carbonyl (C=O) groups excluding carboxylic acids is 1. The zero-order valence-corrected chi connectivity index (χ0v) is 12.1. The van der Waals surface area contributed by atoms with Crippen LogP contribution in [0.5, 0.6) is 0 Å². The number of anilines is 1. The zero-order chi connectivity index (χ0) is 14.7. The summed E-state index contributed by atoms with van der Waals surface area (Å²) in [4.78, 5) is 12.1. The third-order valence-corrected chi connectivity index (χ3v) is 3.35. The van der Waals surface area contributed by atoms with Gasteiger partial charge in [-0.1, -0.05) is 11.3 Å². The number of hydrogen-bond acceptors (Lipinski definition) is 7. The summed E-state index contributed by atoms with van der Waals surface area (Å²) in [5.74, 6) is -0.184. The summed E-state index contributed by atoms with van der Waals surface area (Å²) < 4.78 is 9.82. The number of fused-ring (bicyclic) bond motifs is 1. The predicted octanol–water partition coefficient (Wildman–Crippen LogP) is 0.641. The molecule has 8 nitrogen and oxygen atoms in total. The van der Waals surface area contributed by atoms with Crippen LogP contribution in [-0.4, -0.2) is 36.7 Å². The minimum atomic E-state index is -0.184. The molecule has 21 heavy (non-hydrogen) atoms. The van der Waals surface area contributed by atoms with Gasteiger partial charge in [0.25, 0.3) is 0 Å². The Hall–Kier alpha value is -2.39. The summed E-state index contributed by atoms with van der Waals surface area (Å²) in [6.45, 7) is 0.718. The lowest BCUT2D eigenvalue weighted by Crippen LogP contribution is -2.19. The first kappa shape index (κ1) is 13.6. The monoisotopic (exact) mass is 303 g/mol. The summed E-state index contributed by atoms with van der Waals surface area (Å²) in [6.07, 6.45) is 1.74. The molecule has 0 unspecified atom stereocenters. The summed E-state index contributed by atoms with van der Waals surface area (Å²) in [6, 6.07) is 5.49. The number of amides is 1. The lowest BCUT2D eigenvalue weighted by molar-refractivity contribution is -0.116. The van der Waals surface area contributed by atoms with Crippen LogP contribution < -0.4 is 10.6 Å². The molecule has 2 N–H and O–H groups in total. The molecule has 108 valence electrons. The smallest absolute Gasteiger partial charge is 0.246 e. The van der Waals surface area contributed by atoms with Crippen molar-refractivity contribution in [2.45, 2.75) is 13.1 Å². The second-order valence-corrected chi connectivity index (χ2v) is 4.95. The molecule has 0 spiro atoms. The van der Waals surface area contributed by atoms with Crippen LogP contribution in [0.2, 0.25) is 0 Å². The van der Waals surface area contributed by atoms with Crippen molar-refractivity contribution in [2.75, 3.05) is 12.4 Å². The van der Waals surface area contributed by atoms with Crippen LogP contribution in [0.15, 0.2) is 24.4 Å². The Kier molecular flexibility index (Phi) is 3.84. The fourth-order valence-electron chi connectivity index (χ4n) is 1.92. The van der Waals surface area contributed by atoms with E-state index < -0.39 is 0 Å². The average Bonchev–Trinajstić information content (AvgIpc) is 3.09. The van der Waals surface area contributed by atoms with Gasteiger partial charge >= 0.3 is 0 Å². The minimum absolute atomic E-state index is 0.102. The first-order valence-corrected chi connectivity index (χ1v) is 7.04. The molecule has 0 atom stereocenters. The summed E-state index contributed by atoms with van der Waals surface area (Å²) >= 11 is 1.12. The van der Waals surface area contributed by atoms with Crippen molar-refractivity contribution in [2.24, 2.45) is 0 Å². The first-order valence-electron chi connectivity index (χ1n) is 6.31. The number of hydrogen-bond donors (Lipinski definition) is 2. The fourth-order valence-corrected chi connectivity index (χ4v) is 2.47. The molecule has 2 heterocycles. The van der Waals surface area contributed by atoms with Crippen LogP contribution in [0.25, 0.3) is 11.0 Å². The maximum absolute atomic E-state index is 12.1. The van der Waals surface area contributed by atoms with Crippen molar-refractivity contribution in [3.05, 3.63) is 30.1 Å². The highest BCUT2D eigenvalue weighted by molar-refractivity contribution is 7.00. The lowest BCUT2D eigenvalue weighted by atomic mass is 10.2. The van der Waals surface area contributed by atoms with Gasteiger partial charge in [0.2, 0.25) is 5.91 Å². The van der Waals surface area contributed by atoms with E-state index in [9.17, 15) is 4.79 Å². The van der Waals surface area contributed by atoms with Crippen LogP contribution in [0.1, 0.15) is 5.69 Å². The van der Waals surface area contributed by atoms with Gasteiger partial charge in [-0.3, -0.25) is 4.79 Å². The first-order chi connectivity index (χ1) is 10.3. The maximum atomic E-state index is 12.1. The third kappa shape index (κ3) is 3.03. The van der Waals surface area contributed by atoms with Gasteiger partial charge in [0.05, 0.1) is 29.3 Å². The van der Waals surface area contributed by atoms with Gasteiger partial charge in [0.15, 0.2) is 0 Å². The number of benzene rings is 1. The number of nitrogens with one attached hydrogen (secondary N) is 2. The Morgan fingerprint density at radius 3 is 3.14 bits per heavy atom. The van der Waals surface area contributed by atoms with Gasteiger partial charge in [-0.05, 0) is 19.2 Å². The van der Waals surface area contributed by atoms with E-state index in [1.165, 1.54) is 4.68 Å². The largest absolute Gasteiger partial charge is 0.322 e. The van der Waals surface area contributed by atoms with E-state index in [4.69, 9.17) is 0 Å². The van der Waals surface area contributed by atoms with E-state index in [1.54, 1.807) is 12.3 Å². The van der Waals surface area contributed by atoms with Crippen LogP contribution in [-0.2, 0) is 17.9 Å². The quantitative estimate of drug-likeness (QED) is 0.718. The summed E-state index contributed by atoms with van der Waals surface area (Å²) in [5, 5.41) is 13.7. The van der Waals surface area contributed by atoms with Crippen molar-refractivity contribution in [3.8, 4) is 0 Å². The van der Waals surface area contributed by atoms with Crippen LogP contribution in [0.4, 0.5) is 5.69 Å². The Bertz CT molecular complexity index is 766. The molecule has 0 aliphatic heterocycles. The molecule has 0 aliphatic carbocycles. The van der Waals surface area contributed by atoms with E-state index in [0.717, 1.165) is 22.9 Å². The molecular formula is C12H13N7OS. The molecule has 0 saturated carbocycles. The molecule has 0 saturated heterocycles. The van der Waals surface area contributed by atoms with Crippen LogP contribution >= 0.6 is 11.7 Å². The van der Waals surface area contributed by atoms with Crippen molar-refractivity contribution < 1.29 is 4.79 Å². The van der Waals surface area contributed by atoms with Crippen LogP contribution in [0.3, 0.4) is 0 Å². The summed E-state index contributed by atoms with van der Waals surface area (Å²) in [7, 11) is 1.83. The van der Waals surface area contributed by atoms with E-state index in [2.05, 4.69) is 29.7 Å². The zero-order valence-electron chi connectivity index (χ0n) is 11.3. The fraction of sp³-hybridized carbons (Fsp3) is 0.250. The van der Waals surface area contributed by atoms with Gasteiger partial charge in [0.1, 0.15) is 17.6 Å². The van der Waals surface area contributed by atoms with Gasteiger partial charge < -0.3 is 10.6 Å². The molecule has 0 radical (unpaired) electrons. The highest BCUT2D eigenvalue weighted by Crippen LogP contribution is 2.20. The Labute approximate surface area is 124 Å². The third-order valence-electron chi connectivity index (χ3n) is 2.81. The Balaban J connectivity index is 1.69. The lowest BCUT2D eigenvalue weighted by Gasteiger charge is -2.05. The molecule has 0 aliphatic rings. The van der Waals surface area contributed by atoms with Crippen molar-refractivity contribution in [1.82, 2.24) is 29.1 Å². The van der Waals surface area contributed by atoms with E-state index >= 15 is 0 Å². The predicted molar refractivity (Wildman–Crippen MR) is 78.8 cm³/mol. The number of aromatic nitrogens is 5. The van der Waals surface area contributed by atoms with E-state index in [0.29, 0.717) is 17.7 Å². The van der Waals surface area contributed by atoms with Gasteiger partial charge in [-0.15, -0.1) is 5.10 Å². The summed E-state index contributed by atoms with van der Waals surface area (Å²) in [5.41, 5.74) is 2.91. The highest BCUT2D eigenvalue weighted by atomic mass is 32.1. The standard InChI is InChI=1S/C12H13N7OS/c1-13-5-8-6-19(18-15-8)7-11(20)14-9-3-2-4-10-12(9)17-21-16-10/h2-4,6,13H,5,7H2,1H3,(H,14,20). The van der Waals surface area contributed by atoms with E-state index in [-0.39, 0.29) is 12.5 Å². The topological polar surface area (TPSA) is 97.6 Å². The number of rotatable bonds is 5. The molecule has 1 aromatic carbocycles. The molecule has 2 aromatic heterocycles. The Morgan fingerprint density at radius 2 is 2.29 bits per heavy atom. The second-order valence-electron chi connectivity index (χ2n) is 4.42. The Morgan fingerprint density at radius 1 is 1.38 bits per heavy atom. The van der Waals surface area contributed by atoms with Crippen molar-refractivity contribution in [3.63, 3.8) is 0 Å². The van der Waals surface area contributed by atoms with E-state index in [1.807, 2.05) is 19.2 Å². The van der Waals surface area contributed by atoms with Gasteiger partial charge in [0, 0.05) is 6.54 Å². The maximum Gasteiger partial charge on any atom is 0.246 e. The molecule has 3 aromatic rings. The minimum Gasteiger partial charge on any atom is -0.322 e. The molecule has 3 rings (SSSR count). The normalized spacial score (nSPS) is 10.9. The average molecular weight is 303 g/mol. The molecular weight excluding hydrogens is 290 g/mol. The molecule has 0 bridgehead atoms. The molecule has 0 fully saturated rings. The number of nitrogens with zero attached hydrogens (tertiary/aromatic N) is 5.